The van der Waals surface area contributed by atoms with Crippen molar-refractivity contribution in [1.82, 2.24) is 4.90 Å². The zero-order valence-corrected chi connectivity index (χ0v) is 18.2. The van der Waals surface area contributed by atoms with Gasteiger partial charge in [0.1, 0.15) is 12.4 Å². The molecule has 2 aromatic rings. The molecule has 2 aliphatic heterocycles. The minimum atomic E-state index is -3.90. The number of benzene rings is 2. The van der Waals surface area contributed by atoms with Crippen LogP contribution < -0.4 is 18.9 Å². The molecule has 2 heterocycles. The Morgan fingerprint density at radius 3 is 2.65 bits per heavy atom. The van der Waals surface area contributed by atoms with E-state index in [0.717, 1.165) is 0 Å². The first kappa shape index (κ1) is 21.5. The predicted molar refractivity (Wildman–Crippen MR) is 113 cm³/mol. The van der Waals surface area contributed by atoms with Crippen molar-refractivity contribution in [3.05, 3.63) is 41.4 Å². The standard InChI is InChI=1S/C20H21ClN2O7S/c1-27-16-4-2-13(10-15(16)21)22-31(25,26)14-3-5-17-18(11-14)29-12-19(30-17)20(24)23-6-8-28-9-7-23/h2-5,10-11,19,22H,6-9,12H2,1H3. The van der Waals surface area contributed by atoms with Crippen LogP contribution in [0.2, 0.25) is 5.02 Å². The van der Waals surface area contributed by atoms with Crippen LogP contribution in [0, 0.1) is 0 Å². The van der Waals surface area contributed by atoms with Gasteiger partial charge in [0, 0.05) is 19.2 Å². The van der Waals surface area contributed by atoms with Gasteiger partial charge in [-0.1, -0.05) is 11.6 Å². The second kappa shape index (κ2) is 8.81. The molecular formula is C20H21ClN2O7S. The summed E-state index contributed by atoms with van der Waals surface area (Å²) in [6.45, 7) is 1.98. The Morgan fingerprint density at radius 1 is 1.16 bits per heavy atom. The number of hydrogen-bond donors (Lipinski definition) is 1. The molecule has 1 amide bonds. The second-order valence-corrected chi connectivity index (χ2v) is 9.01. The summed E-state index contributed by atoms with van der Waals surface area (Å²) in [6, 6.07) is 8.79. The highest BCUT2D eigenvalue weighted by Gasteiger charge is 2.32. The predicted octanol–water partition coefficient (Wildman–Crippen LogP) is 2.15. The van der Waals surface area contributed by atoms with Crippen LogP contribution in [-0.4, -0.2) is 65.3 Å². The molecule has 31 heavy (non-hydrogen) atoms. The largest absolute Gasteiger partial charge is 0.495 e. The number of methoxy groups -OCH3 is 1. The van der Waals surface area contributed by atoms with E-state index in [9.17, 15) is 13.2 Å². The number of sulfonamides is 1. The van der Waals surface area contributed by atoms with E-state index in [4.69, 9.17) is 30.5 Å². The SMILES string of the molecule is COc1ccc(NS(=O)(=O)c2ccc3c(c2)OCC(C(=O)N2CCOCC2)O3)cc1Cl. The van der Waals surface area contributed by atoms with Gasteiger partial charge in [-0.3, -0.25) is 9.52 Å². The van der Waals surface area contributed by atoms with Crippen molar-refractivity contribution in [2.24, 2.45) is 0 Å². The van der Waals surface area contributed by atoms with E-state index in [2.05, 4.69) is 4.72 Å². The third kappa shape index (κ3) is 4.65. The normalized spacial score (nSPS) is 18.4. The quantitative estimate of drug-likeness (QED) is 0.717. The zero-order valence-electron chi connectivity index (χ0n) is 16.7. The maximum Gasteiger partial charge on any atom is 0.267 e. The molecule has 2 aromatic carbocycles. The Balaban J connectivity index is 1.48. The highest BCUT2D eigenvalue weighted by atomic mass is 35.5. The number of carbonyl (C=O) groups excluding carboxylic acids is 1. The van der Waals surface area contributed by atoms with E-state index >= 15 is 0 Å². The number of morpholine rings is 1. The first-order valence-corrected chi connectivity index (χ1v) is 11.4. The van der Waals surface area contributed by atoms with Crippen molar-refractivity contribution < 1.29 is 32.2 Å². The highest BCUT2D eigenvalue weighted by molar-refractivity contribution is 7.92. The summed E-state index contributed by atoms with van der Waals surface area (Å²) in [5.74, 6) is 0.819. The first-order valence-electron chi connectivity index (χ1n) is 9.54. The molecule has 0 saturated carbocycles. The molecule has 11 heteroatoms. The minimum absolute atomic E-state index is 0.00575. The van der Waals surface area contributed by atoms with Gasteiger partial charge in [-0.25, -0.2) is 8.42 Å². The van der Waals surface area contributed by atoms with E-state index in [1.807, 2.05) is 0 Å². The first-order chi connectivity index (χ1) is 14.9. The van der Waals surface area contributed by atoms with Crippen molar-refractivity contribution in [1.29, 1.82) is 0 Å². The van der Waals surface area contributed by atoms with E-state index < -0.39 is 16.1 Å². The molecule has 1 unspecified atom stereocenters. The van der Waals surface area contributed by atoms with Gasteiger partial charge >= 0.3 is 0 Å². The lowest BCUT2D eigenvalue weighted by molar-refractivity contribution is -0.145. The summed E-state index contributed by atoms with van der Waals surface area (Å²) in [7, 11) is -2.43. The van der Waals surface area contributed by atoms with Crippen molar-refractivity contribution in [3.8, 4) is 17.2 Å². The highest BCUT2D eigenvalue weighted by Crippen LogP contribution is 2.35. The van der Waals surface area contributed by atoms with Crippen LogP contribution in [0.3, 0.4) is 0 Å². The Morgan fingerprint density at radius 2 is 1.94 bits per heavy atom. The fourth-order valence-corrected chi connectivity index (χ4v) is 4.59. The van der Waals surface area contributed by atoms with Crippen LogP contribution in [0.1, 0.15) is 0 Å². The summed E-state index contributed by atoms with van der Waals surface area (Å²) in [5.41, 5.74) is 0.289. The number of anilines is 1. The number of nitrogens with zero attached hydrogens (tertiary/aromatic N) is 1. The van der Waals surface area contributed by atoms with E-state index in [-0.39, 0.29) is 33.9 Å². The molecule has 0 aliphatic carbocycles. The van der Waals surface area contributed by atoms with Gasteiger partial charge in [-0.2, -0.15) is 0 Å². The zero-order chi connectivity index (χ0) is 22.0. The number of nitrogens with one attached hydrogen (secondary N) is 1. The van der Waals surface area contributed by atoms with Crippen LogP contribution >= 0.6 is 11.6 Å². The average Bonchev–Trinajstić information content (AvgIpc) is 2.78. The van der Waals surface area contributed by atoms with E-state index in [0.29, 0.717) is 37.8 Å². The van der Waals surface area contributed by atoms with Gasteiger partial charge in [-0.15, -0.1) is 0 Å². The lowest BCUT2D eigenvalue weighted by Gasteiger charge is -2.32. The Labute approximate surface area is 184 Å². The number of fused-ring (bicyclic) bond motifs is 1. The molecular weight excluding hydrogens is 448 g/mol. The van der Waals surface area contributed by atoms with Gasteiger partial charge in [0.25, 0.3) is 15.9 Å². The monoisotopic (exact) mass is 468 g/mol. The smallest absolute Gasteiger partial charge is 0.267 e. The molecule has 2 aliphatic rings. The summed E-state index contributed by atoms with van der Waals surface area (Å²) >= 11 is 6.06. The average molecular weight is 469 g/mol. The number of carbonyl (C=O) groups is 1. The van der Waals surface area contributed by atoms with E-state index in [1.165, 1.54) is 31.4 Å². The summed E-state index contributed by atoms with van der Waals surface area (Å²) in [6.07, 6.45) is -0.785. The van der Waals surface area contributed by atoms with Gasteiger partial charge < -0.3 is 23.8 Å². The molecule has 1 fully saturated rings. The Kier molecular flexibility index (Phi) is 6.12. The fraction of sp³-hybridized carbons (Fsp3) is 0.350. The molecule has 0 radical (unpaired) electrons. The molecule has 1 saturated heterocycles. The molecule has 0 aromatic heterocycles. The maximum atomic E-state index is 12.8. The summed E-state index contributed by atoms with van der Waals surface area (Å²) < 4.78 is 49.8. The number of amides is 1. The van der Waals surface area contributed by atoms with Gasteiger partial charge in [0.15, 0.2) is 11.5 Å². The fourth-order valence-electron chi connectivity index (χ4n) is 3.27. The second-order valence-electron chi connectivity index (χ2n) is 6.92. The number of ether oxygens (including phenoxy) is 4. The van der Waals surface area contributed by atoms with Crippen molar-refractivity contribution >= 4 is 33.2 Å². The van der Waals surface area contributed by atoms with Crippen LogP contribution in [0.25, 0.3) is 0 Å². The van der Waals surface area contributed by atoms with Crippen LogP contribution in [-0.2, 0) is 19.6 Å². The van der Waals surface area contributed by atoms with Crippen molar-refractivity contribution in [2.45, 2.75) is 11.0 Å². The topological polar surface area (TPSA) is 103 Å². The molecule has 4 rings (SSSR count). The van der Waals surface area contributed by atoms with Gasteiger partial charge in [0.05, 0.1) is 35.9 Å². The Hall–Kier alpha value is -2.69. The molecule has 0 spiro atoms. The van der Waals surface area contributed by atoms with Gasteiger partial charge in [-0.05, 0) is 30.3 Å². The summed E-state index contributed by atoms with van der Waals surface area (Å²) in [5, 5.41) is 0.279. The summed E-state index contributed by atoms with van der Waals surface area (Å²) in [4.78, 5) is 14.3. The number of rotatable bonds is 5. The number of halogens is 1. The molecule has 166 valence electrons. The van der Waals surface area contributed by atoms with Crippen molar-refractivity contribution in [2.75, 3.05) is 44.7 Å². The molecule has 0 bridgehead atoms. The molecule has 1 atom stereocenters. The van der Waals surface area contributed by atoms with Gasteiger partial charge in [0.2, 0.25) is 6.10 Å². The van der Waals surface area contributed by atoms with Crippen LogP contribution in [0.15, 0.2) is 41.3 Å². The third-order valence-electron chi connectivity index (χ3n) is 4.89. The molecule has 9 nitrogen and oxygen atoms in total. The third-order valence-corrected chi connectivity index (χ3v) is 6.56. The van der Waals surface area contributed by atoms with Crippen molar-refractivity contribution in [3.63, 3.8) is 0 Å². The lowest BCUT2D eigenvalue weighted by Crippen LogP contribution is -2.50. The maximum absolute atomic E-state index is 12.8. The minimum Gasteiger partial charge on any atom is -0.495 e. The van der Waals surface area contributed by atoms with Crippen LogP contribution in [0.4, 0.5) is 5.69 Å². The number of hydrogen-bond acceptors (Lipinski definition) is 7. The molecule has 1 N–H and O–H groups in total. The van der Waals surface area contributed by atoms with Crippen LogP contribution in [0.5, 0.6) is 17.2 Å². The van der Waals surface area contributed by atoms with E-state index in [1.54, 1.807) is 17.0 Å². The Bertz CT molecular complexity index is 1090. The lowest BCUT2D eigenvalue weighted by atomic mass is 10.2.